The molecule has 3 N–H and O–H groups in total. The van der Waals surface area contributed by atoms with Crippen LogP contribution in [0, 0.1) is 34.5 Å². The number of aromatic hydroxyl groups is 1. The Hall–Kier alpha value is -2.23. The Morgan fingerprint density at radius 2 is 1.57 bits per heavy atom. The molecule has 5 unspecified atom stereocenters. The van der Waals surface area contributed by atoms with Crippen LogP contribution in [0.1, 0.15) is 139 Å². The second-order valence-electron chi connectivity index (χ2n) is 15.1. The largest absolute Gasteiger partial charge is 0.508 e. The number of fused-ring (bicyclic) bond motifs is 6. The van der Waals surface area contributed by atoms with Crippen molar-refractivity contribution < 1.29 is 46.9 Å². The number of carboxylic acids is 1. The molecule has 10 heteroatoms. The van der Waals surface area contributed by atoms with Gasteiger partial charge in [-0.2, -0.15) is 22.0 Å². The molecular formula is C36H49F5O5. The smallest absolute Gasteiger partial charge is 0.453 e. The first-order chi connectivity index (χ1) is 21.6. The Morgan fingerprint density at radius 1 is 0.935 bits per heavy atom. The number of hydrogen-bond donors (Lipinski definition) is 3. The highest BCUT2D eigenvalue weighted by molar-refractivity contribution is 5.91. The lowest BCUT2D eigenvalue weighted by atomic mass is 9.50. The average Bonchev–Trinajstić information content (AvgIpc) is 3.77. The van der Waals surface area contributed by atoms with Gasteiger partial charge in [0.25, 0.3) is 0 Å². The maximum absolute atomic E-state index is 13.3. The van der Waals surface area contributed by atoms with E-state index in [1.807, 2.05) is 6.07 Å². The molecule has 4 aliphatic rings. The first kappa shape index (κ1) is 35.1. The number of benzene rings is 1. The molecule has 0 radical (unpaired) electrons. The fourth-order valence-electron chi connectivity index (χ4n) is 9.85. The minimum absolute atomic E-state index is 0.00850. The van der Waals surface area contributed by atoms with Crippen molar-refractivity contribution in [2.45, 2.75) is 140 Å². The van der Waals surface area contributed by atoms with Gasteiger partial charge in [0.05, 0.1) is 12.0 Å². The number of rotatable bonds is 15. The molecule has 5 rings (SSSR count). The van der Waals surface area contributed by atoms with Crippen molar-refractivity contribution in [1.29, 1.82) is 0 Å². The zero-order chi connectivity index (χ0) is 33.5. The molecule has 3 saturated carbocycles. The molecule has 3 fully saturated rings. The van der Waals surface area contributed by atoms with Crippen LogP contribution >= 0.6 is 0 Å². The monoisotopic (exact) mass is 656 g/mol. The molecule has 0 saturated heterocycles. The highest BCUT2D eigenvalue weighted by atomic mass is 19.4. The van der Waals surface area contributed by atoms with Crippen LogP contribution in [0.3, 0.4) is 0 Å². The highest BCUT2D eigenvalue weighted by Crippen LogP contribution is 2.75. The van der Waals surface area contributed by atoms with Crippen molar-refractivity contribution in [3.05, 3.63) is 29.3 Å². The zero-order valence-electron chi connectivity index (χ0n) is 26.8. The molecule has 0 bridgehead atoms. The number of carbonyl (C=O) groups is 2. The van der Waals surface area contributed by atoms with E-state index in [1.165, 1.54) is 0 Å². The number of hydrogen-bond acceptors (Lipinski definition) is 4. The summed E-state index contributed by atoms with van der Waals surface area (Å²) >= 11 is 0. The summed E-state index contributed by atoms with van der Waals surface area (Å²) in [5.41, 5.74) is 1.79. The van der Waals surface area contributed by atoms with E-state index >= 15 is 0 Å². The molecule has 4 aliphatic carbocycles. The van der Waals surface area contributed by atoms with Gasteiger partial charge in [-0.25, -0.2) is 0 Å². The van der Waals surface area contributed by atoms with Gasteiger partial charge >= 0.3 is 18.1 Å². The predicted octanol–water partition coefficient (Wildman–Crippen LogP) is 9.50. The van der Waals surface area contributed by atoms with Crippen LogP contribution in [0.5, 0.6) is 5.75 Å². The van der Waals surface area contributed by atoms with Gasteiger partial charge in [0, 0.05) is 18.3 Å². The lowest BCUT2D eigenvalue weighted by Gasteiger charge is -2.54. The third-order valence-electron chi connectivity index (χ3n) is 12.6. The maximum atomic E-state index is 13.3. The molecule has 0 heterocycles. The van der Waals surface area contributed by atoms with Gasteiger partial charge in [0.2, 0.25) is 0 Å². The standard InChI is InChI=1S/C36H49F5O5/c1-33-17-15-25-24-14-13-23(42)20-27(24)31(44)26(30(25)28(33)21-29(43)34(33)18-19-34)12-8-6-4-2-3-5-7-10-22(32(45)46)11-9-16-35(37,38)36(39,40)41/h13-14,20,22,25-26,28,30-31,42,44H,2-12,15-19,21H2,1H3,(H,45,46)/t22?,25?,26?,28?,30?,31-,33-/m0/s1. The van der Waals surface area contributed by atoms with E-state index in [4.69, 9.17) is 0 Å². The predicted molar refractivity (Wildman–Crippen MR) is 162 cm³/mol. The van der Waals surface area contributed by atoms with Gasteiger partial charge in [0.15, 0.2) is 0 Å². The van der Waals surface area contributed by atoms with Crippen molar-refractivity contribution in [3.8, 4) is 5.75 Å². The Labute approximate surface area is 268 Å². The van der Waals surface area contributed by atoms with Crippen molar-refractivity contribution in [2.75, 3.05) is 0 Å². The van der Waals surface area contributed by atoms with Gasteiger partial charge in [-0.15, -0.1) is 0 Å². The number of aliphatic hydroxyl groups is 1. The van der Waals surface area contributed by atoms with Crippen molar-refractivity contribution in [3.63, 3.8) is 0 Å². The first-order valence-corrected chi connectivity index (χ1v) is 17.3. The fraction of sp³-hybridized carbons (Fsp3) is 0.778. The number of unbranched alkanes of at least 4 members (excludes halogenated alkanes) is 6. The van der Waals surface area contributed by atoms with Gasteiger partial charge in [-0.1, -0.05) is 57.9 Å². The van der Waals surface area contributed by atoms with Crippen LogP contribution in [0.2, 0.25) is 0 Å². The Balaban J connectivity index is 1.08. The topological polar surface area (TPSA) is 94.8 Å². The number of ketones is 1. The number of phenols is 1. The summed E-state index contributed by atoms with van der Waals surface area (Å²) in [5, 5.41) is 31.3. The molecular weight excluding hydrogens is 607 g/mol. The van der Waals surface area contributed by atoms with Crippen molar-refractivity contribution in [1.82, 2.24) is 0 Å². The molecule has 5 nitrogen and oxygen atoms in total. The fourth-order valence-corrected chi connectivity index (χ4v) is 9.85. The number of halogens is 5. The van der Waals surface area contributed by atoms with E-state index in [9.17, 15) is 46.9 Å². The molecule has 1 aromatic carbocycles. The van der Waals surface area contributed by atoms with E-state index < -0.39 is 42.9 Å². The second kappa shape index (κ2) is 13.3. The van der Waals surface area contributed by atoms with E-state index in [2.05, 4.69) is 6.92 Å². The summed E-state index contributed by atoms with van der Waals surface area (Å²) < 4.78 is 63.4. The summed E-state index contributed by atoms with van der Waals surface area (Å²) in [6, 6.07) is 5.39. The maximum Gasteiger partial charge on any atom is 0.453 e. The third-order valence-corrected chi connectivity index (χ3v) is 12.6. The summed E-state index contributed by atoms with van der Waals surface area (Å²) in [7, 11) is 0. The van der Waals surface area contributed by atoms with E-state index in [0.717, 1.165) is 81.8 Å². The van der Waals surface area contributed by atoms with Gasteiger partial charge in [-0.05, 0) is 104 Å². The number of Topliss-reactive ketones (excluding diaryl/α,β-unsaturated/α-hetero) is 1. The molecule has 0 amide bonds. The molecule has 46 heavy (non-hydrogen) atoms. The van der Waals surface area contributed by atoms with Crippen LogP contribution in [0.25, 0.3) is 0 Å². The molecule has 258 valence electrons. The Kier molecular flexibility index (Phi) is 10.2. The van der Waals surface area contributed by atoms with E-state index in [-0.39, 0.29) is 53.1 Å². The second-order valence-corrected chi connectivity index (χ2v) is 15.1. The quantitative estimate of drug-likeness (QED) is 0.129. The zero-order valence-corrected chi connectivity index (χ0v) is 26.8. The SMILES string of the molecule is C[C@]12CCC3c4ccc(O)cc4[C@@H](O)C(CCCCCCCCCC(CCCC(F)(F)C(F)(F)F)C(=O)O)C3C1CC(=O)C21CC1. The van der Waals surface area contributed by atoms with Crippen LogP contribution in [0.4, 0.5) is 22.0 Å². The normalized spacial score (nSPS) is 30.5. The van der Waals surface area contributed by atoms with Crippen LogP contribution in [0.15, 0.2) is 18.2 Å². The minimum atomic E-state index is -5.62. The molecule has 0 aromatic heterocycles. The Morgan fingerprint density at radius 3 is 2.20 bits per heavy atom. The number of carbonyl (C=O) groups excluding carboxylic acids is 1. The van der Waals surface area contributed by atoms with Crippen LogP contribution < -0.4 is 0 Å². The molecule has 1 spiro atoms. The van der Waals surface area contributed by atoms with Gasteiger partial charge in [-0.3, -0.25) is 9.59 Å². The molecule has 0 aliphatic heterocycles. The van der Waals surface area contributed by atoms with Crippen LogP contribution in [-0.4, -0.2) is 39.2 Å². The number of alkyl halides is 5. The highest BCUT2D eigenvalue weighted by Gasteiger charge is 2.72. The number of aliphatic carboxylic acids is 1. The summed E-state index contributed by atoms with van der Waals surface area (Å²) in [4.78, 5) is 24.8. The van der Waals surface area contributed by atoms with Gasteiger partial charge < -0.3 is 15.3 Å². The van der Waals surface area contributed by atoms with Crippen molar-refractivity contribution in [2.24, 2.45) is 34.5 Å². The summed E-state index contributed by atoms with van der Waals surface area (Å²) in [6.45, 7) is 2.33. The van der Waals surface area contributed by atoms with Crippen molar-refractivity contribution >= 4 is 11.8 Å². The van der Waals surface area contributed by atoms with E-state index in [0.29, 0.717) is 18.6 Å². The first-order valence-electron chi connectivity index (χ1n) is 17.3. The Bertz CT molecular complexity index is 1260. The number of phenolic OH excluding ortho intramolecular Hbond substituents is 1. The lowest BCUT2D eigenvalue weighted by molar-refractivity contribution is -0.284. The number of aliphatic hydroxyl groups excluding tert-OH is 1. The molecule has 7 atom stereocenters. The molecule has 1 aromatic rings. The van der Waals surface area contributed by atoms with Crippen LogP contribution in [-0.2, 0) is 9.59 Å². The third kappa shape index (κ3) is 6.57. The number of carboxylic acid groups (broad SMARTS) is 1. The average molecular weight is 657 g/mol. The lowest BCUT2D eigenvalue weighted by Crippen LogP contribution is -2.47. The van der Waals surface area contributed by atoms with Gasteiger partial charge in [0.1, 0.15) is 11.5 Å². The minimum Gasteiger partial charge on any atom is -0.508 e. The summed E-state index contributed by atoms with van der Waals surface area (Å²) in [6.07, 6.45) is 3.39. The van der Waals surface area contributed by atoms with E-state index in [1.54, 1.807) is 12.1 Å². The summed E-state index contributed by atoms with van der Waals surface area (Å²) in [5.74, 6) is -5.51.